The quantitative estimate of drug-likeness (QED) is 0.368. The van der Waals surface area contributed by atoms with Crippen LogP contribution in [0.25, 0.3) is 28.7 Å². The van der Waals surface area contributed by atoms with E-state index in [-0.39, 0.29) is 17.9 Å². The highest BCUT2D eigenvalue weighted by molar-refractivity contribution is 5.90. The Labute approximate surface area is 175 Å². The lowest BCUT2D eigenvalue weighted by Crippen LogP contribution is -2.05. The summed E-state index contributed by atoms with van der Waals surface area (Å²) < 4.78 is 12.3. The van der Waals surface area contributed by atoms with Gasteiger partial charge < -0.3 is 9.47 Å². The van der Waals surface area contributed by atoms with Gasteiger partial charge in [-0.3, -0.25) is 14.9 Å². The summed E-state index contributed by atoms with van der Waals surface area (Å²) in [5, 5.41) is 16.2. The summed E-state index contributed by atoms with van der Waals surface area (Å²) in [6.45, 7) is 0.204. The van der Waals surface area contributed by atoms with Gasteiger partial charge in [-0.1, -0.05) is 30.3 Å². The van der Waals surface area contributed by atoms with Crippen molar-refractivity contribution < 1.29 is 14.4 Å². The molecule has 1 aliphatic heterocycles. The van der Waals surface area contributed by atoms with E-state index in [0.29, 0.717) is 33.8 Å². The largest absolute Gasteiger partial charge is 0.454 e. The van der Waals surface area contributed by atoms with Gasteiger partial charge in [-0.25, -0.2) is 4.68 Å². The van der Waals surface area contributed by atoms with Gasteiger partial charge in [0.15, 0.2) is 11.5 Å². The monoisotopic (exact) mass is 413 g/mol. The number of benzene rings is 2. The number of non-ortho nitro benzene ring substituents is 1. The minimum Gasteiger partial charge on any atom is -0.454 e. The second-order valence-corrected chi connectivity index (χ2v) is 6.86. The molecule has 0 saturated carbocycles. The molecule has 0 unspecified atom stereocenters. The van der Waals surface area contributed by atoms with E-state index in [2.05, 4.69) is 5.10 Å². The highest BCUT2D eigenvalue weighted by Gasteiger charge is 2.15. The second kappa shape index (κ2) is 7.42. The van der Waals surface area contributed by atoms with Crippen LogP contribution >= 0.6 is 0 Å². The van der Waals surface area contributed by atoms with E-state index in [4.69, 9.17) is 9.47 Å². The first-order chi connectivity index (χ1) is 15.1. The molecular formula is C23H15N3O5. The van der Waals surface area contributed by atoms with Gasteiger partial charge in [-0.05, 0) is 42.0 Å². The van der Waals surface area contributed by atoms with Crippen molar-refractivity contribution in [2.24, 2.45) is 0 Å². The SMILES string of the molecule is O=c1ccccc2c(/C=C\c3ccc4c(c3)OCO4)nn(-c3ccc([N+](=O)[O-])cc3)c12. The van der Waals surface area contributed by atoms with Gasteiger partial charge in [0.05, 0.1) is 16.3 Å². The molecule has 8 heteroatoms. The van der Waals surface area contributed by atoms with Gasteiger partial charge in [-0.15, -0.1) is 0 Å². The van der Waals surface area contributed by atoms with Crippen molar-refractivity contribution in [1.82, 2.24) is 9.78 Å². The van der Waals surface area contributed by atoms with Crippen LogP contribution in [0.4, 0.5) is 5.69 Å². The van der Waals surface area contributed by atoms with E-state index in [0.717, 1.165) is 5.56 Å². The minimum atomic E-state index is -0.469. The maximum Gasteiger partial charge on any atom is 0.269 e. The van der Waals surface area contributed by atoms with Crippen molar-refractivity contribution in [3.05, 3.63) is 98.3 Å². The van der Waals surface area contributed by atoms with Crippen LogP contribution in [0.15, 0.2) is 71.5 Å². The number of fused-ring (bicyclic) bond motifs is 2. The summed E-state index contributed by atoms with van der Waals surface area (Å²) in [6, 6.07) is 18.3. The number of rotatable bonds is 4. The third-order valence-corrected chi connectivity index (χ3v) is 4.94. The number of nitro benzene ring substituents is 1. The van der Waals surface area contributed by atoms with Crippen molar-refractivity contribution in [3.8, 4) is 17.2 Å². The first-order valence-corrected chi connectivity index (χ1v) is 9.45. The van der Waals surface area contributed by atoms with Crippen LogP contribution in [0.5, 0.6) is 11.5 Å². The summed E-state index contributed by atoms with van der Waals surface area (Å²) in [5.74, 6) is 1.38. The zero-order valence-corrected chi connectivity index (χ0v) is 16.1. The second-order valence-electron chi connectivity index (χ2n) is 6.86. The van der Waals surface area contributed by atoms with E-state index in [1.165, 1.54) is 22.9 Å². The Morgan fingerprint density at radius 3 is 2.55 bits per heavy atom. The number of aromatic nitrogens is 2. The fourth-order valence-corrected chi connectivity index (χ4v) is 3.44. The van der Waals surface area contributed by atoms with Gasteiger partial charge in [0.2, 0.25) is 12.2 Å². The molecule has 2 heterocycles. The number of nitrogens with zero attached hydrogens (tertiary/aromatic N) is 3. The smallest absolute Gasteiger partial charge is 0.269 e. The summed E-state index contributed by atoms with van der Waals surface area (Å²) in [7, 11) is 0. The first-order valence-electron chi connectivity index (χ1n) is 9.45. The maximum atomic E-state index is 12.7. The summed E-state index contributed by atoms with van der Waals surface area (Å²) in [5.41, 5.74) is 2.21. The third-order valence-electron chi connectivity index (χ3n) is 4.94. The molecule has 152 valence electrons. The molecule has 31 heavy (non-hydrogen) atoms. The Balaban J connectivity index is 1.62. The molecule has 4 aromatic rings. The Hall–Kier alpha value is -4.46. The molecule has 0 bridgehead atoms. The van der Waals surface area contributed by atoms with Gasteiger partial charge in [-0.2, -0.15) is 5.10 Å². The van der Waals surface area contributed by atoms with Gasteiger partial charge in [0.1, 0.15) is 5.52 Å². The standard InChI is InChI=1S/C23H15N3O5/c27-20-4-2-1-3-18-19(11-5-15-6-12-21-22(13-15)31-14-30-21)24-25(23(18)20)16-7-9-17(10-8-16)26(28)29/h1-13H,14H2/b11-5-. The molecule has 0 aliphatic carbocycles. The number of hydrogen-bond acceptors (Lipinski definition) is 6. The lowest BCUT2D eigenvalue weighted by atomic mass is 10.1. The van der Waals surface area contributed by atoms with Crippen molar-refractivity contribution >= 4 is 28.7 Å². The number of hydrogen-bond donors (Lipinski definition) is 0. The maximum absolute atomic E-state index is 12.7. The molecule has 0 spiro atoms. The molecule has 0 amide bonds. The molecule has 5 rings (SSSR count). The molecule has 3 aromatic carbocycles. The van der Waals surface area contributed by atoms with E-state index in [1.807, 2.05) is 36.4 Å². The molecule has 0 atom stereocenters. The summed E-state index contributed by atoms with van der Waals surface area (Å²) in [4.78, 5) is 23.2. The fraction of sp³-hybridized carbons (Fsp3) is 0.0435. The zero-order valence-electron chi connectivity index (χ0n) is 16.1. The Morgan fingerprint density at radius 1 is 0.968 bits per heavy atom. The van der Waals surface area contributed by atoms with E-state index in [1.54, 1.807) is 24.3 Å². The predicted octanol–water partition coefficient (Wildman–Crippen LogP) is 4.19. The molecular weight excluding hydrogens is 398 g/mol. The lowest BCUT2D eigenvalue weighted by Gasteiger charge is -2.01. The normalized spacial score (nSPS) is 12.5. The molecule has 0 saturated heterocycles. The zero-order chi connectivity index (χ0) is 21.4. The molecule has 1 aliphatic rings. The van der Waals surface area contributed by atoms with Crippen LogP contribution in [0.1, 0.15) is 11.3 Å². The number of nitro groups is 1. The van der Waals surface area contributed by atoms with E-state index < -0.39 is 4.92 Å². The average Bonchev–Trinajstić information content (AvgIpc) is 3.34. The Morgan fingerprint density at radius 2 is 1.74 bits per heavy atom. The van der Waals surface area contributed by atoms with Crippen LogP contribution in [-0.2, 0) is 0 Å². The summed E-state index contributed by atoms with van der Waals surface area (Å²) in [6.07, 6.45) is 3.70. The van der Waals surface area contributed by atoms with Crippen molar-refractivity contribution in [3.63, 3.8) is 0 Å². The van der Waals surface area contributed by atoms with Gasteiger partial charge in [0.25, 0.3) is 5.69 Å². The number of ether oxygens (including phenoxy) is 2. The van der Waals surface area contributed by atoms with E-state index in [9.17, 15) is 14.9 Å². The Kier molecular flexibility index (Phi) is 4.44. The van der Waals surface area contributed by atoms with Crippen molar-refractivity contribution in [2.45, 2.75) is 0 Å². The fourth-order valence-electron chi connectivity index (χ4n) is 3.44. The first kappa shape index (κ1) is 18.6. The van der Waals surface area contributed by atoms with Crippen LogP contribution < -0.4 is 14.9 Å². The minimum absolute atomic E-state index is 0.0314. The third kappa shape index (κ3) is 3.40. The van der Waals surface area contributed by atoms with Crippen LogP contribution in [0.3, 0.4) is 0 Å². The highest BCUT2D eigenvalue weighted by atomic mass is 16.7. The van der Waals surface area contributed by atoms with Crippen LogP contribution in [0.2, 0.25) is 0 Å². The van der Waals surface area contributed by atoms with Crippen molar-refractivity contribution in [1.29, 1.82) is 0 Å². The summed E-state index contributed by atoms with van der Waals surface area (Å²) >= 11 is 0. The highest BCUT2D eigenvalue weighted by Crippen LogP contribution is 2.33. The van der Waals surface area contributed by atoms with Gasteiger partial charge >= 0.3 is 0 Å². The molecule has 0 radical (unpaired) electrons. The average molecular weight is 413 g/mol. The van der Waals surface area contributed by atoms with Crippen molar-refractivity contribution in [2.75, 3.05) is 6.79 Å². The van der Waals surface area contributed by atoms with E-state index >= 15 is 0 Å². The Bertz CT molecular complexity index is 1410. The molecule has 8 nitrogen and oxygen atoms in total. The van der Waals surface area contributed by atoms with Gasteiger partial charge in [0, 0.05) is 17.5 Å². The molecule has 0 fully saturated rings. The predicted molar refractivity (Wildman–Crippen MR) is 115 cm³/mol. The molecule has 1 aromatic heterocycles. The molecule has 0 N–H and O–H groups in total. The van der Waals surface area contributed by atoms with Crippen LogP contribution in [-0.4, -0.2) is 21.5 Å². The topological polar surface area (TPSA) is 96.5 Å². The van der Waals surface area contributed by atoms with Crippen LogP contribution in [0, 0.1) is 10.1 Å². The lowest BCUT2D eigenvalue weighted by molar-refractivity contribution is -0.384.